The zero-order valence-electron chi connectivity index (χ0n) is 8.35. The smallest absolute Gasteiger partial charge is 0.0291 e. The van der Waals surface area contributed by atoms with Crippen LogP contribution in [0.25, 0.3) is 0 Å². The summed E-state index contributed by atoms with van der Waals surface area (Å²) in [4.78, 5) is 2.31. The van der Waals surface area contributed by atoms with Gasteiger partial charge in [-0.25, -0.2) is 0 Å². The summed E-state index contributed by atoms with van der Waals surface area (Å²) in [6.45, 7) is 7.10. The highest BCUT2D eigenvalue weighted by Crippen LogP contribution is 2.09. The second-order valence-electron chi connectivity index (χ2n) is 3.86. The van der Waals surface area contributed by atoms with Crippen LogP contribution in [0, 0.1) is 0 Å². The van der Waals surface area contributed by atoms with E-state index in [2.05, 4.69) is 39.8 Å². The van der Waals surface area contributed by atoms with Crippen molar-refractivity contribution < 1.29 is 0 Å². The van der Waals surface area contributed by atoms with Crippen molar-refractivity contribution in [2.45, 2.75) is 25.3 Å². The largest absolute Gasteiger partial charge is 0.313 e. The second-order valence-corrected chi connectivity index (χ2v) is 4.98. The molecule has 0 amide bonds. The molecule has 0 saturated carbocycles. The Kier molecular flexibility index (Phi) is 4.99. The Morgan fingerprint density at radius 2 is 2.38 bits per heavy atom. The van der Waals surface area contributed by atoms with Gasteiger partial charge in [-0.1, -0.05) is 28.9 Å². The molecule has 1 aliphatic heterocycles. The monoisotopic (exact) mass is 246 g/mol. The Bertz CT molecular complexity index is 164. The van der Waals surface area contributed by atoms with Crippen molar-refractivity contribution in [2.24, 2.45) is 0 Å². The number of hydrogen-bond acceptors (Lipinski definition) is 2. The first-order valence-corrected chi connectivity index (χ1v) is 5.73. The fraction of sp³-hybridized carbons (Fsp3) is 0.800. The Hall–Kier alpha value is 0.140. The van der Waals surface area contributed by atoms with E-state index in [0.717, 1.165) is 17.6 Å². The van der Waals surface area contributed by atoms with Crippen molar-refractivity contribution in [3.63, 3.8) is 0 Å². The van der Waals surface area contributed by atoms with E-state index in [4.69, 9.17) is 0 Å². The van der Waals surface area contributed by atoms with Gasteiger partial charge in [-0.2, -0.15) is 0 Å². The van der Waals surface area contributed by atoms with E-state index < -0.39 is 0 Å². The van der Waals surface area contributed by atoms with Crippen LogP contribution in [0.15, 0.2) is 11.1 Å². The molecule has 0 aliphatic carbocycles. The third-order valence-electron chi connectivity index (χ3n) is 2.39. The maximum atomic E-state index is 3.84. The summed E-state index contributed by atoms with van der Waals surface area (Å²) in [7, 11) is 2.14. The molecule has 1 aliphatic rings. The van der Waals surface area contributed by atoms with Crippen LogP contribution >= 0.6 is 15.9 Å². The minimum absolute atomic E-state index is 0.686. The minimum Gasteiger partial charge on any atom is -0.313 e. The van der Waals surface area contributed by atoms with Gasteiger partial charge in [-0.05, 0) is 26.4 Å². The number of nitrogens with zero attached hydrogens (tertiary/aromatic N) is 1. The molecule has 0 spiro atoms. The normalized spacial score (nSPS) is 23.5. The van der Waals surface area contributed by atoms with E-state index in [1.165, 1.54) is 25.8 Å². The summed E-state index contributed by atoms with van der Waals surface area (Å²) in [5.41, 5.74) is 0. The van der Waals surface area contributed by atoms with Gasteiger partial charge in [0.05, 0.1) is 0 Å². The second kappa shape index (κ2) is 5.78. The van der Waals surface area contributed by atoms with Gasteiger partial charge in [0, 0.05) is 23.6 Å². The third-order valence-corrected chi connectivity index (χ3v) is 2.64. The van der Waals surface area contributed by atoms with Crippen LogP contribution in [0.2, 0.25) is 0 Å². The first-order chi connectivity index (χ1) is 6.18. The van der Waals surface area contributed by atoms with Gasteiger partial charge in [0.15, 0.2) is 0 Å². The van der Waals surface area contributed by atoms with Crippen LogP contribution in [-0.4, -0.2) is 37.6 Å². The molecule has 0 aromatic carbocycles. The van der Waals surface area contributed by atoms with Crippen LogP contribution in [0.5, 0.6) is 0 Å². The predicted octanol–water partition coefficient (Wildman–Crippen LogP) is 1.97. The summed E-state index contributed by atoms with van der Waals surface area (Å²) in [6.07, 6.45) is 4.03. The highest BCUT2D eigenvalue weighted by atomic mass is 79.9. The van der Waals surface area contributed by atoms with E-state index in [1.54, 1.807) is 0 Å². The van der Waals surface area contributed by atoms with Crippen LogP contribution < -0.4 is 5.32 Å². The van der Waals surface area contributed by atoms with Gasteiger partial charge < -0.3 is 10.2 Å². The first kappa shape index (κ1) is 11.2. The van der Waals surface area contributed by atoms with E-state index in [9.17, 15) is 0 Å². The van der Waals surface area contributed by atoms with Crippen LogP contribution in [0.3, 0.4) is 0 Å². The van der Waals surface area contributed by atoms with Crippen LogP contribution in [0.1, 0.15) is 19.3 Å². The number of piperidine rings is 1. The van der Waals surface area contributed by atoms with E-state index >= 15 is 0 Å². The number of rotatable bonds is 4. The molecule has 1 fully saturated rings. The fourth-order valence-corrected chi connectivity index (χ4v) is 2.24. The van der Waals surface area contributed by atoms with E-state index in [0.29, 0.717) is 6.04 Å². The summed E-state index contributed by atoms with van der Waals surface area (Å²) in [5, 5.41) is 3.54. The number of nitrogens with one attached hydrogen (secondary N) is 1. The Balaban J connectivity index is 2.18. The van der Waals surface area contributed by atoms with Crippen molar-refractivity contribution in [3.8, 4) is 0 Å². The van der Waals surface area contributed by atoms with Gasteiger partial charge in [0.2, 0.25) is 0 Å². The Morgan fingerprint density at radius 3 is 2.92 bits per heavy atom. The van der Waals surface area contributed by atoms with Gasteiger partial charge in [0.25, 0.3) is 0 Å². The SMILES string of the molecule is C=C(Br)CN(C)CC1CCCCN1. The lowest BCUT2D eigenvalue weighted by Gasteiger charge is -2.27. The van der Waals surface area contributed by atoms with Crippen LogP contribution in [0.4, 0.5) is 0 Å². The van der Waals surface area contributed by atoms with Gasteiger partial charge in [-0.15, -0.1) is 0 Å². The van der Waals surface area contributed by atoms with Gasteiger partial charge in [0.1, 0.15) is 0 Å². The molecule has 1 unspecified atom stereocenters. The lowest BCUT2D eigenvalue weighted by atomic mass is 10.0. The molecule has 0 aromatic heterocycles. The van der Waals surface area contributed by atoms with Gasteiger partial charge >= 0.3 is 0 Å². The standard InChI is InChI=1S/C10H19BrN2/c1-9(11)7-13(2)8-10-5-3-4-6-12-10/h10,12H,1,3-8H2,2H3. The number of likely N-dealkylation sites (N-methyl/N-ethyl adjacent to an activating group) is 1. The molecular formula is C10H19BrN2. The van der Waals surface area contributed by atoms with Gasteiger partial charge in [-0.3, -0.25) is 0 Å². The molecule has 1 N–H and O–H groups in total. The minimum atomic E-state index is 0.686. The quantitative estimate of drug-likeness (QED) is 0.817. The fourth-order valence-electron chi connectivity index (χ4n) is 1.81. The molecule has 2 nitrogen and oxygen atoms in total. The molecule has 0 aromatic rings. The summed E-state index contributed by atoms with van der Waals surface area (Å²) < 4.78 is 1.06. The maximum Gasteiger partial charge on any atom is 0.0291 e. The average Bonchev–Trinajstić information content (AvgIpc) is 2.04. The molecule has 0 bridgehead atoms. The summed E-state index contributed by atoms with van der Waals surface area (Å²) in [6, 6.07) is 0.686. The van der Waals surface area contributed by atoms with Crippen molar-refractivity contribution >= 4 is 15.9 Å². The molecule has 1 rings (SSSR count). The number of halogens is 1. The highest BCUT2D eigenvalue weighted by Gasteiger charge is 2.14. The topological polar surface area (TPSA) is 15.3 Å². The molecule has 1 atom stereocenters. The lowest BCUT2D eigenvalue weighted by Crippen LogP contribution is -2.42. The Morgan fingerprint density at radius 1 is 1.62 bits per heavy atom. The molecule has 13 heavy (non-hydrogen) atoms. The molecule has 1 saturated heterocycles. The number of hydrogen-bond donors (Lipinski definition) is 1. The molecular weight excluding hydrogens is 228 g/mol. The van der Waals surface area contributed by atoms with Crippen molar-refractivity contribution in [3.05, 3.63) is 11.1 Å². The third kappa shape index (κ3) is 4.79. The zero-order valence-corrected chi connectivity index (χ0v) is 9.94. The average molecular weight is 247 g/mol. The molecule has 76 valence electrons. The molecule has 0 radical (unpaired) electrons. The molecule has 3 heteroatoms. The maximum absolute atomic E-state index is 3.84. The van der Waals surface area contributed by atoms with E-state index in [-0.39, 0.29) is 0 Å². The van der Waals surface area contributed by atoms with Crippen molar-refractivity contribution in [1.29, 1.82) is 0 Å². The Labute approximate surface area is 89.5 Å². The first-order valence-electron chi connectivity index (χ1n) is 4.93. The van der Waals surface area contributed by atoms with E-state index in [1.807, 2.05) is 0 Å². The zero-order chi connectivity index (χ0) is 9.68. The lowest BCUT2D eigenvalue weighted by molar-refractivity contribution is 0.280. The predicted molar refractivity (Wildman–Crippen MR) is 61.2 cm³/mol. The van der Waals surface area contributed by atoms with Crippen molar-refractivity contribution in [1.82, 2.24) is 10.2 Å². The summed E-state index contributed by atoms with van der Waals surface area (Å²) >= 11 is 3.38. The van der Waals surface area contributed by atoms with Crippen molar-refractivity contribution in [2.75, 3.05) is 26.7 Å². The highest BCUT2D eigenvalue weighted by molar-refractivity contribution is 9.11. The summed E-state index contributed by atoms with van der Waals surface area (Å²) in [5.74, 6) is 0. The van der Waals surface area contributed by atoms with Crippen LogP contribution in [-0.2, 0) is 0 Å². The molecule has 1 heterocycles.